The summed E-state index contributed by atoms with van der Waals surface area (Å²) < 4.78 is 26.8. The van der Waals surface area contributed by atoms with Crippen LogP contribution in [0.15, 0.2) is 30.3 Å². The van der Waals surface area contributed by atoms with Crippen LogP contribution in [0.3, 0.4) is 0 Å². The van der Waals surface area contributed by atoms with Crippen LogP contribution in [0.4, 0.5) is 5.69 Å². The van der Waals surface area contributed by atoms with E-state index < -0.39 is 0 Å². The SMILES string of the molecule is CCCOc1ccc(C(=O)Nc2cc(OC)c(OC)c(OC)c2)cc1OC. The molecule has 7 nitrogen and oxygen atoms in total. The lowest BCUT2D eigenvalue weighted by atomic mass is 10.1. The Labute approximate surface area is 159 Å². The number of ether oxygens (including phenoxy) is 5. The van der Waals surface area contributed by atoms with Crippen LogP contribution in [0.5, 0.6) is 28.7 Å². The van der Waals surface area contributed by atoms with Crippen LogP contribution >= 0.6 is 0 Å². The van der Waals surface area contributed by atoms with Crippen molar-refractivity contribution in [2.75, 3.05) is 40.4 Å². The van der Waals surface area contributed by atoms with Gasteiger partial charge in [-0.2, -0.15) is 0 Å². The Morgan fingerprint density at radius 1 is 0.852 bits per heavy atom. The van der Waals surface area contributed by atoms with Gasteiger partial charge in [0.15, 0.2) is 23.0 Å². The predicted molar refractivity (Wildman–Crippen MR) is 103 cm³/mol. The first-order valence-corrected chi connectivity index (χ1v) is 8.50. The van der Waals surface area contributed by atoms with Crippen molar-refractivity contribution in [2.45, 2.75) is 13.3 Å². The molecule has 0 aliphatic carbocycles. The Hall–Kier alpha value is -3.09. The topological polar surface area (TPSA) is 75.3 Å². The summed E-state index contributed by atoms with van der Waals surface area (Å²) in [5, 5.41) is 2.82. The molecule has 7 heteroatoms. The standard InChI is InChI=1S/C20H25NO6/c1-6-9-27-15-8-7-13(10-16(15)23-2)20(22)21-14-11-17(24-3)19(26-5)18(12-14)25-4/h7-8,10-12H,6,9H2,1-5H3,(H,21,22). The van der Waals surface area contributed by atoms with Gasteiger partial charge < -0.3 is 29.0 Å². The summed E-state index contributed by atoms with van der Waals surface area (Å²) in [4.78, 5) is 12.6. The maximum atomic E-state index is 12.6. The van der Waals surface area contributed by atoms with Crippen molar-refractivity contribution in [1.82, 2.24) is 0 Å². The molecule has 2 aromatic carbocycles. The third-order valence-electron chi connectivity index (χ3n) is 3.81. The first kappa shape index (κ1) is 20.2. The van der Waals surface area contributed by atoms with Crippen LogP contribution in [0, 0.1) is 0 Å². The molecule has 0 spiro atoms. The van der Waals surface area contributed by atoms with Crippen LogP contribution in [0.2, 0.25) is 0 Å². The average molecular weight is 375 g/mol. The highest BCUT2D eigenvalue weighted by molar-refractivity contribution is 6.05. The lowest BCUT2D eigenvalue weighted by molar-refractivity contribution is 0.102. The molecular weight excluding hydrogens is 350 g/mol. The van der Waals surface area contributed by atoms with Gasteiger partial charge in [0.05, 0.1) is 35.0 Å². The first-order valence-electron chi connectivity index (χ1n) is 8.50. The van der Waals surface area contributed by atoms with Gasteiger partial charge in [-0.3, -0.25) is 4.79 Å². The molecule has 0 heterocycles. The van der Waals surface area contributed by atoms with Crippen molar-refractivity contribution in [3.05, 3.63) is 35.9 Å². The zero-order valence-electron chi connectivity index (χ0n) is 16.3. The average Bonchev–Trinajstić information content (AvgIpc) is 2.71. The maximum Gasteiger partial charge on any atom is 0.255 e. The lowest BCUT2D eigenvalue weighted by Gasteiger charge is -2.15. The largest absolute Gasteiger partial charge is 0.493 e. The van der Waals surface area contributed by atoms with E-state index in [1.807, 2.05) is 6.92 Å². The highest BCUT2D eigenvalue weighted by atomic mass is 16.5. The molecule has 2 rings (SSSR count). The molecular formula is C20H25NO6. The monoisotopic (exact) mass is 375 g/mol. The Bertz CT molecular complexity index is 765. The molecule has 0 saturated carbocycles. The van der Waals surface area contributed by atoms with E-state index >= 15 is 0 Å². The zero-order valence-corrected chi connectivity index (χ0v) is 16.3. The van der Waals surface area contributed by atoms with Gasteiger partial charge >= 0.3 is 0 Å². The molecule has 0 aliphatic rings. The molecule has 27 heavy (non-hydrogen) atoms. The third-order valence-corrected chi connectivity index (χ3v) is 3.81. The number of anilines is 1. The second-order valence-corrected chi connectivity index (χ2v) is 5.58. The highest BCUT2D eigenvalue weighted by Gasteiger charge is 2.16. The maximum absolute atomic E-state index is 12.6. The van der Waals surface area contributed by atoms with E-state index in [4.69, 9.17) is 23.7 Å². The Balaban J connectivity index is 2.26. The number of nitrogens with one attached hydrogen (secondary N) is 1. The summed E-state index contributed by atoms with van der Waals surface area (Å²) in [5.74, 6) is 2.16. The quantitative estimate of drug-likeness (QED) is 0.719. The second-order valence-electron chi connectivity index (χ2n) is 5.58. The van der Waals surface area contributed by atoms with E-state index in [0.717, 1.165) is 6.42 Å². The number of amides is 1. The highest BCUT2D eigenvalue weighted by Crippen LogP contribution is 2.40. The summed E-state index contributed by atoms with van der Waals surface area (Å²) in [6.07, 6.45) is 0.881. The fourth-order valence-corrected chi connectivity index (χ4v) is 2.50. The minimum atomic E-state index is -0.301. The molecule has 0 radical (unpaired) electrons. The number of methoxy groups -OCH3 is 4. The van der Waals surface area contributed by atoms with E-state index in [2.05, 4.69) is 5.32 Å². The predicted octanol–water partition coefficient (Wildman–Crippen LogP) is 3.76. The smallest absolute Gasteiger partial charge is 0.255 e. The summed E-state index contributed by atoms with van der Waals surface area (Å²) in [7, 11) is 6.09. The summed E-state index contributed by atoms with van der Waals surface area (Å²) in [6, 6.07) is 8.36. The molecule has 0 unspecified atom stereocenters. The molecule has 0 fully saturated rings. The van der Waals surface area contributed by atoms with E-state index in [9.17, 15) is 4.79 Å². The number of benzene rings is 2. The van der Waals surface area contributed by atoms with Gasteiger partial charge in [0.25, 0.3) is 5.91 Å². The van der Waals surface area contributed by atoms with Crippen molar-refractivity contribution >= 4 is 11.6 Å². The van der Waals surface area contributed by atoms with Crippen molar-refractivity contribution < 1.29 is 28.5 Å². The number of rotatable bonds is 9. The minimum absolute atomic E-state index is 0.301. The fraction of sp³-hybridized carbons (Fsp3) is 0.350. The molecule has 0 aromatic heterocycles. The molecule has 0 atom stereocenters. The van der Waals surface area contributed by atoms with E-state index in [1.54, 1.807) is 30.3 Å². The normalized spacial score (nSPS) is 10.1. The second kappa shape index (κ2) is 9.56. The Morgan fingerprint density at radius 3 is 2.00 bits per heavy atom. The minimum Gasteiger partial charge on any atom is -0.493 e. The molecule has 146 valence electrons. The van der Waals surface area contributed by atoms with Gasteiger partial charge in [0, 0.05) is 23.4 Å². The Kier molecular flexibility index (Phi) is 7.16. The molecule has 0 aliphatic heterocycles. The third kappa shape index (κ3) is 4.75. The molecule has 1 N–H and O–H groups in total. The van der Waals surface area contributed by atoms with E-state index in [1.165, 1.54) is 28.4 Å². The lowest BCUT2D eigenvalue weighted by Crippen LogP contribution is -2.12. The van der Waals surface area contributed by atoms with Crippen LogP contribution in [0.25, 0.3) is 0 Å². The zero-order chi connectivity index (χ0) is 19.8. The van der Waals surface area contributed by atoms with Gasteiger partial charge in [-0.1, -0.05) is 6.92 Å². The van der Waals surface area contributed by atoms with Crippen LogP contribution in [0.1, 0.15) is 23.7 Å². The van der Waals surface area contributed by atoms with E-state index in [0.29, 0.717) is 46.6 Å². The molecule has 0 bridgehead atoms. The van der Waals surface area contributed by atoms with E-state index in [-0.39, 0.29) is 5.91 Å². The van der Waals surface area contributed by atoms with Gasteiger partial charge in [0.1, 0.15) is 0 Å². The summed E-state index contributed by atoms with van der Waals surface area (Å²) in [5.41, 5.74) is 0.948. The molecule has 2 aromatic rings. The number of carbonyl (C=O) groups excluding carboxylic acids is 1. The summed E-state index contributed by atoms with van der Waals surface area (Å²) >= 11 is 0. The fourth-order valence-electron chi connectivity index (χ4n) is 2.50. The molecule has 1 amide bonds. The van der Waals surface area contributed by atoms with Crippen molar-refractivity contribution in [3.8, 4) is 28.7 Å². The summed E-state index contributed by atoms with van der Waals surface area (Å²) in [6.45, 7) is 2.60. The van der Waals surface area contributed by atoms with Gasteiger partial charge in [0.2, 0.25) is 5.75 Å². The van der Waals surface area contributed by atoms with Crippen LogP contribution in [-0.4, -0.2) is 41.0 Å². The van der Waals surface area contributed by atoms with Gasteiger partial charge in [-0.05, 0) is 24.6 Å². The van der Waals surface area contributed by atoms with Gasteiger partial charge in [-0.25, -0.2) is 0 Å². The van der Waals surface area contributed by atoms with Crippen molar-refractivity contribution in [2.24, 2.45) is 0 Å². The van der Waals surface area contributed by atoms with Crippen molar-refractivity contribution in [3.63, 3.8) is 0 Å². The number of carbonyl (C=O) groups is 1. The Morgan fingerprint density at radius 2 is 1.48 bits per heavy atom. The van der Waals surface area contributed by atoms with Gasteiger partial charge in [-0.15, -0.1) is 0 Å². The number of hydrogen-bond donors (Lipinski definition) is 1. The first-order chi connectivity index (χ1) is 13.1. The molecule has 0 saturated heterocycles. The number of hydrogen-bond acceptors (Lipinski definition) is 6. The van der Waals surface area contributed by atoms with Crippen molar-refractivity contribution in [1.29, 1.82) is 0 Å². The van der Waals surface area contributed by atoms with Crippen LogP contribution < -0.4 is 29.0 Å². The van der Waals surface area contributed by atoms with Crippen LogP contribution in [-0.2, 0) is 0 Å².